The highest BCUT2D eigenvalue weighted by atomic mass is 35.5. The lowest BCUT2D eigenvalue weighted by Crippen LogP contribution is -2.37. The van der Waals surface area contributed by atoms with Crippen LogP contribution in [0.3, 0.4) is 0 Å². The van der Waals surface area contributed by atoms with Crippen LogP contribution in [0, 0.1) is 0 Å². The summed E-state index contributed by atoms with van der Waals surface area (Å²) in [6.45, 7) is 1.38. The number of hydrogen-bond donors (Lipinski definition) is 1. The van der Waals surface area contributed by atoms with Gasteiger partial charge in [-0.3, -0.25) is 0 Å². The van der Waals surface area contributed by atoms with Gasteiger partial charge in [-0.05, 0) is 25.3 Å². The van der Waals surface area contributed by atoms with Crippen LogP contribution < -0.4 is 4.74 Å². The van der Waals surface area contributed by atoms with E-state index in [9.17, 15) is 9.90 Å². The van der Waals surface area contributed by atoms with Gasteiger partial charge in [0, 0.05) is 19.2 Å². The number of aromatic hydroxyl groups is 1. The highest BCUT2D eigenvalue weighted by molar-refractivity contribution is 6.36. The predicted octanol–water partition coefficient (Wildman–Crippen LogP) is 3.68. The van der Waals surface area contributed by atoms with Gasteiger partial charge < -0.3 is 14.7 Å². The Morgan fingerprint density at radius 3 is 2.50 bits per heavy atom. The molecule has 0 bridgehead atoms. The Kier molecular flexibility index (Phi) is 4.19. The van der Waals surface area contributed by atoms with Gasteiger partial charge in [0.2, 0.25) is 0 Å². The van der Waals surface area contributed by atoms with Crippen LogP contribution in [0.5, 0.6) is 11.5 Å². The first kappa shape index (κ1) is 13.3. The second kappa shape index (κ2) is 5.67. The van der Waals surface area contributed by atoms with Gasteiger partial charge in [-0.15, -0.1) is 0 Å². The lowest BCUT2D eigenvalue weighted by molar-refractivity contribution is 0.142. The molecule has 4 nitrogen and oxygen atoms in total. The maximum absolute atomic E-state index is 11.8. The van der Waals surface area contributed by atoms with Crippen molar-refractivity contribution < 1.29 is 14.6 Å². The van der Waals surface area contributed by atoms with Crippen LogP contribution in [0.4, 0.5) is 4.79 Å². The number of benzene rings is 1. The van der Waals surface area contributed by atoms with Gasteiger partial charge in [0.05, 0.1) is 10.0 Å². The lowest BCUT2D eigenvalue weighted by atomic mass is 10.1. The molecule has 0 saturated carbocycles. The molecule has 1 N–H and O–H groups in total. The Hall–Kier alpha value is -1.13. The van der Waals surface area contributed by atoms with E-state index in [-0.39, 0.29) is 21.5 Å². The maximum Gasteiger partial charge on any atom is 0.415 e. The number of phenolic OH excluding ortho intramolecular Hbond substituents is 1. The van der Waals surface area contributed by atoms with Crippen molar-refractivity contribution in [1.82, 2.24) is 4.90 Å². The number of carbonyl (C=O) groups excluding carboxylic acids is 1. The fraction of sp³-hybridized carbons (Fsp3) is 0.417. The Labute approximate surface area is 115 Å². The molecule has 0 unspecified atom stereocenters. The van der Waals surface area contributed by atoms with Gasteiger partial charge in [0.1, 0.15) is 5.75 Å². The normalized spacial score (nSPS) is 15.6. The molecule has 1 heterocycles. The van der Waals surface area contributed by atoms with Crippen LogP contribution in [0.2, 0.25) is 10.0 Å². The molecule has 18 heavy (non-hydrogen) atoms. The van der Waals surface area contributed by atoms with Crippen molar-refractivity contribution in [2.24, 2.45) is 0 Å². The van der Waals surface area contributed by atoms with Gasteiger partial charge in [0.15, 0.2) is 5.75 Å². The third-order valence-corrected chi connectivity index (χ3v) is 3.41. The average molecular weight is 290 g/mol. The summed E-state index contributed by atoms with van der Waals surface area (Å²) in [5.74, 6) is -0.0448. The van der Waals surface area contributed by atoms with E-state index >= 15 is 0 Å². The molecule has 0 atom stereocenters. The summed E-state index contributed by atoms with van der Waals surface area (Å²) >= 11 is 11.6. The molecule has 0 aromatic heterocycles. The highest BCUT2D eigenvalue weighted by Crippen LogP contribution is 2.35. The van der Waals surface area contributed by atoms with Crippen molar-refractivity contribution in [1.29, 1.82) is 0 Å². The monoisotopic (exact) mass is 289 g/mol. The van der Waals surface area contributed by atoms with Gasteiger partial charge in [-0.1, -0.05) is 23.2 Å². The summed E-state index contributed by atoms with van der Waals surface area (Å²) in [5.41, 5.74) is 0. The van der Waals surface area contributed by atoms with Crippen molar-refractivity contribution in [2.45, 2.75) is 19.3 Å². The number of amides is 1. The first-order valence-electron chi connectivity index (χ1n) is 5.72. The summed E-state index contributed by atoms with van der Waals surface area (Å²) in [5, 5.41) is 9.77. The number of phenols is 1. The van der Waals surface area contributed by atoms with Crippen molar-refractivity contribution in [3.8, 4) is 11.5 Å². The minimum absolute atomic E-state index is 0.120. The van der Waals surface area contributed by atoms with Gasteiger partial charge in [-0.2, -0.15) is 0 Å². The van der Waals surface area contributed by atoms with Gasteiger partial charge in [-0.25, -0.2) is 4.79 Å². The summed E-state index contributed by atoms with van der Waals surface area (Å²) in [4.78, 5) is 13.5. The van der Waals surface area contributed by atoms with Crippen molar-refractivity contribution >= 4 is 29.3 Å². The van der Waals surface area contributed by atoms with Crippen LogP contribution >= 0.6 is 23.2 Å². The number of nitrogens with zero attached hydrogens (tertiary/aromatic N) is 1. The van der Waals surface area contributed by atoms with E-state index in [1.165, 1.54) is 12.1 Å². The molecular weight excluding hydrogens is 277 g/mol. The van der Waals surface area contributed by atoms with E-state index in [1.807, 2.05) is 0 Å². The second-order valence-corrected chi connectivity index (χ2v) is 4.96. The van der Waals surface area contributed by atoms with Gasteiger partial charge in [0.25, 0.3) is 0 Å². The zero-order valence-corrected chi connectivity index (χ0v) is 11.2. The van der Waals surface area contributed by atoms with Crippen LogP contribution in [0.25, 0.3) is 0 Å². The molecular formula is C12H13Cl2NO3. The summed E-state index contributed by atoms with van der Waals surface area (Å²) < 4.78 is 5.16. The fourth-order valence-electron chi connectivity index (χ4n) is 1.83. The zero-order valence-electron chi connectivity index (χ0n) is 9.66. The smallest absolute Gasteiger partial charge is 0.415 e. The summed E-state index contributed by atoms with van der Waals surface area (Å²) in [6, 6.07) is 2.59. The standard InChI is InChI=1S/C12H13Cl2NO3/c13-8-6-9(14)11(7-10(8)16)18-12(17)15-4-2-1-3-5-15/h6-7,16H,1-5H2. The van der Waals surface area contributed by atoms with Crippen LogP contribution in [-0.2, 0) is 0 Å². The van der Waals surface area contributed by atoms with E-state index in [2.05, 4.69) is 0 Å². The van der Waals surface area contributed by atoms with E-state index in [4.69, 9.17) is 27.9 Å². The third-order valence-electron chi connectivity index (χ3n) is 2.81. The number of likely N-dealkylation sites (tertiary alicyclic amines) is 1. The number of ether oxygens (including phenoxy) is 1. The molecule has 1 aliphatic heterocycles. The topological polar surface area (TPSA) is 49.8 Å². The first-order valence-corrected chi connectivity index (χ1v) is 6.48. The van der Waals surface area contributed by atoms with Crippen LogP contribution in [0.15, 0.2) is 12.1 Å². The highest BCUT2D eigenvalue weighted by Gasteiger charge is 2.20. The Balaban J connectivity index is 2.08. The van der Waals surface area contributed by atoms with E-state index in [1.54, 1.807) is 4.90 Å². The lowest BCUT2D eigenvalue weighted by Gasteiger charge is -2.25. The van der Waals surface area contributed by atoms with E-state index in [0.717, 1.165) is 19.3 Å². The first-order chi connectivity index (χ1) is 8.58. The fourth-order valence-corrected chi connectivity index (χ4v) is 2.25. The Bertz CT molecular complexity index is 459. The molecule has 1 saturated heterocycles. The number of piperidine rings is 1. The van der Waals surface area contributed by atoms with Crippen LogP contribution in [-0.4, -0.2) is 29.2 Å². The maximum atomic E-state index is 11.8. The summed E-state index contributed by atoms with van der Waals surface area (Å²) in [7, 11) is 0. The molecule has 6 heteroatoms. The Morgan fingerprint density at radius 2 is 1.83 bits per heavy atom. The Morgan fingerprint density at radius 1 is 1.17 bits per heavy atom. The van der Waals surface area contributed by atoms with Crippen molar-refractivity contribution in [3.63, 3.8) is 0 Å². The van der Waals surface area contributed by atoms with Crippen molar-refractivity contribution in [3.05, 3.63) is 22.2 Å². The van der Waals surface area contributed by atoms with E-state index in [0.29, 0.717) is 13.1 Å². The molecule has 98 valence electrons. The zero-order chi connectivity index (χ0) is 13.1. The SMILES string of the molecule is O=C(Oc1cc(O)c(Cl)cc1Cl)N1CCCCC1. The second-order valence-electron chi connectivity index (χ2n) is 4.15. The van der Waals surface area contributed by atoms with Crippen LogP contribution in [0.1, 0.15) is 19.3 Å². The molecule has 2 rings (SSSR count). The van der Waals surface area contributed by atoms with E-state index < -0.39 is 6.09 Å². The number of halogens is 2. The molecule has 0 radical (unpaired) electrons. The molecule has 0 spiro atoms. The van der Waals surface area contributed by atoms with Gasteiger partial charge >= 0.3 is 6.09 Å². The number of rotatable bonds is 1. The molecule has 1 aromatic rings. The average Bonchev–Trinajstić information content (AvgIpc) is 2.37. The molecule has 1 fully saturated rings. The quantitative estimate of drug-likeness (QED) is 0.858. The third kappa shape index (κ3) is 3.00. The number of hydrogen-bond acceptors (Lipinski definition) is 3. The minimum Gasteiger partial charge on any atom is -0.506 e. The molecule has 1 aliphatic rings. The minimum atomic E-state index is -0.446. The number of carbonyl (C=O) groups is 1. The largest absolute Gasteiger partial charge is 0.506 e. The summed E-state index contributed by atoms with van der Waals surface area (Å²) in [6.07, 6.45) is 2.65. The predicted molar refractivity (Wildman–Crippen MR) is 69.6 cm³/mol. The molecule has 1 aromatic carbocycles. The molecule has 1 amide bonds. The molecule has 0 aliphatic carbocycles. The van der Waals surface area contributed by atoms with Crippen molar-refractivity contribution in [2.75, 3.05) is 13.1 Å².